The number of aliphatic hydroxyl groups excluding tert-OH is 1. The predicted octanol–water partition coefficient (Wildman–Crippen LogP) is 6.17. The summed E-state index contributed by atoms with van der Waals surface area (Å²) >= 11 is 0. The minimum absolute atomic E-state index is 0.0238. The third-order valence-electron chi connectivity index (χ3n) is 6.40. The Balaban J connectivity index is 2.45. The molecule has 0 spiro atoms. The van der Waals surface area contributed by atoms with E-state index in [1.54, 1.807) is 6.07 Å². The quantitative estimate of drug-likeness (QED) is 0.204. The van der Waals surface area contributed by atoms with Crippen molar-refractivity contribution < 1.29 is 24.9 Å². The molecule has 5 nitrogen and oxygen atoms in total. The fourth-order valence-corrected chi connectivity index (χ4v) is 4.58. The summed E-state index contributed by atoms with van der Waals surface area (Å²) in [6, 6.07) is 1.64. The van der Waals surface area contributed by atoms with Gasteiger partial charge >= 0.3 is 5.97 Å². The van der Waals surface area contributed by atoms with Crippen LogP contribution >= 0.6 is 0 Å². The highest BCUT2D eigenvalue weighted by molar-refractivity contribution is 5.95. The summed E-state index contributed by atoms with van der Waals surface area (Å²) in [6.45, 7) is 10.6. The number of phenols is 2. The number of aryl methyl sites for hydroxylation is 1. The van der Waals surface area contributed by atoms with Gasteiger partial charge in [-0.25, -0.2) is 4.79 Å². The summed E-state index contributed by atoms with van der Waals surface area (Å²) < 4.78 is 5.48. The van der Waals surface area contributed by atoms with Gasteiger partial charge in [-0.1, -0.05) is 43.6 Å². The molecule has 1 aliphatic carbocycles. The van der Waals surface area contributed by atoms with Gasteiger partial charge < -0.3 is 20.1 Å². The van der Waals surface area contributed by atoms with E-state index < -0.39 is 5.97 Å². The Morgan fingerprint density at radius 3 is 2.59 bits per heavy atom. The number of esters is 1. The number of phenolic OH excluding ortho intramolecular Hbond substituents is 2. The van der Waals surface area contributed by atoms with Crippen LogP contribution in [0.1, 0.15) is 99.5 Å². The lowest BCUT2D eigenvalue weighted by Gasteiger charge is -2.32. The third-order valence-corrected chi connectivity index (χ3v) is 6.40. The van der Waals surface area contributed by atoms with Crippen LogP contribution < -0.4 is 0 Å². The van der Waals surface area contributed by atoms with Crippen molar-refractivity contribution in [1.29, 1.82) is 0 Å². The number of rotatable bonds is 12. The Morgan fingerprint density at radius 2 is 1.94 bits per heavy atom. The second-order valence-corrected chi connectivity index (χ2v) is 9.10. The van der Waals surface area contributed by atoms with Crippen LogP contribution in [0.5, 0.6) is 11.5 Å². The minimum atomic E-state index is -0.553. The normalized spacial score (nSPS) is 18.3. The maximum Gasteiger partial charge on any atom is 0.342 e. The largest absolute Gasteiger partial charge is 0.507 e. The molecule has 1 aliphatic rings. The highest BCUT2D eigenvalue weighted by atomic mass is 16.5. The highest BCUT2D eigenvalue weighted by Crippen LogP contribution is 2.48. The molecular formula is C27H40O5. The number of benzene rings is 1. The number of aromatic hydroxyl groups is 2. The van der Waals surface area contributed by atoms with Gasteiger partial charge in [0, 0.05) is 18.1 Å². The van der Waals surface area contributed by atoms with Gasteiger partial charge in [0.2, 0.25) is 0 Å². The standard InChI is InChI=1S/C27H40O5/c1-5-6-8-11-20-17-23(29)25(22-16-19(4)12-13-21(22)18(2)3)26(30)24(20)27(31)32-15-10-7-9-14-28/h16-17,21-22,28-30H,2,5-15H2,1,3-4H3/t21-,22?/m0/s1. The SMILES string of the molecule is C=C(C)[C@@H]1CCC(C)=CC1c1c(O)cc(CCCCC)c(C(=O)OCCCCCO)c1O. The Hall–Kier alpha value is -2.27. The number of aliphatic hydroxyl groups is 1. The zero-order valence-corrected chi connectivity index (χ0v) is 20.0. The van der Waals surface area contributed by atoms with E-state index >= 15 is 0 Å². The van der Waals surface area contributed by atoms with Crippen molar-refractivity contribution in [3.05, 3.63) is 46.6 Å². The Morgan fingerprint density at radius 1 is 1.19 bits per heavy atom. The summed E-state index contributed by atoms with van der Waals surface area (Å²) in [6.07, 6.45) is 9.52. The molecule has 0 amide bonds. The molecule has 0 fully saturated rings. The van der Waals surface area contributed by atoms with E-state index in [0.717, 1.165) is 44.1 Å². The van der Waals surface area contributed by atoms with Crippen LogP contribution in [0.4, 0.5) is 0 Å². The van der Waals surface area contributed by atoms with E-state index in [0.29, 0.717) is 30.4 Å². The number of hydrogen-bond donors (Lipinski definition) is 3. The average Bonchev–Trinajstić information content (AvgIpc) is 2.73. The molecule has 5 heteroatoms. The van der Waals surface area contributed by atoms with E-state index in [2.05, 4.69) is 26.5 Å². The summed E-state index contributed by atoms with van der Waals surface area (Å²) in [7, 11) is 0. The Bertz CT molecular complexity index is 824. The third kappa shape index (κ3) is 6.61. The van der Waals surface area contributed by atoms with E-state index in [1.807, 2.05) is 6.92 Å². The summed E-state index contributed by atoms with van der Waals surface area (Å²) in [5.41, 5.74) is 3.39. The van der Waals surface area contributed by atoms with Crippen LogP contribution in [0.2, 0.25) is 0 Å². The fourth-order valence-electron chi connectivity index (χ4n) is 4.58. The summed E-state index contributed by atoms with van der Waals surface area (Å²) in [5, 5.41) is 31.2. The molecule has 2 rings (SSSR count). The highest BCUT2D eigenvalue weighted by Gasteiger charge is 2.33. The molecule has 0 radical (unpaired) electrons. The first kappa shape index (κ1) is 26.0. The number of ether oxygens (including phenoxy) is 1. The molecule has 2 atom stereocenters. The van der Waals surface area contributed by atoms with Crippen LogP contribution in [0.15, 0.2) is 29.9 Å². The van der Waals surface area contributed by atoms with E-state index in [1.165, 1.54) is 5.57 Å². The van der Waals surface area contributed by atoms with Crippen molar-refractivity contribution in [3.63, 3.8) is 0 Å². The molecule has 1 aromatic carbocycles. The molecule has 0 bridgehead atoms. The first-order chi connectivity index (χ1) is 15.3. The monoisotopic (exact) mass is 444 g/mol. The van der Waals surface area contributed by atoms with Crippen molar-refractivity contribution in [3.8, 4) is 11.5 Å². The molecule has 0 heterocycles. The molecular weight excluding hydrogens is 404 g/mol. The molecule has 1 aromatic rings. The van der Waals surface area contributed by atoms with Gasteiger partial charge in [-0.2, -0.15) is 0 Å². The van der Waals surface area contributed by atoms with Gasteiger partial charge in [-0.05, 0) is 76.3 Å². The van der Waals surface area contributed by atoms with Crippen LogP contribution in [0.3, 0.4) is 0 Å². The second-order valence-electron chi connectivity index (χ2n) is 9.10. The predicted molar refractivity (Wildman–Crippen MR) is 128 cm³/mol. The van der Waals surface area contributed by atoms with Crippen LogP contribution in [0.25, 0.3) is 0 Å². The van der Waals surface area contributed by atoms with E-state index in [9.17, 15) is 15.0 Å². The number of carbonyl (C=O) groups excluding carboxylic acids is 1. The Labute approximate surface area is 192 Å². The molecule has 0 aromatic heterocycles. The van der Waals surface area contributed by atoms with Crippen molar-refractivity contribution >= 4 is 5.97 Å². The van der Waals surface area contributed by atoms with Crippen molar-refractivity contribution in [2.45, 2.75) is 84.5 Å². The molecule has 0 aliphatic heterocycles. The lowest BCUT2D eigenvalue weighted by Crippen LogP contribution is -2.19. The van der Waals surface area contributed by atoms with Gasteiger partial charge in [0.15, 0.2) is 0 Å². The maximum absolute atomic E-state index is 13.0. The van der Waals surface area contributed by atoms with E-state index in [4.69, 9.17) is 9.84 Å². The van der Waals surface area contributed by atoms with Crippen LogP contribution in [-0.2, 0) is 11.2 Å². The first-order valence-corrected chi connectivity index (χ1v) is 12.0. The summed E-state index contributed by atoms with van der Waals surface area (Å²) in [5.74, 6) is -0.844. The number of unbranched alkanes of at least 4 members (excludes halogenated alkanes) is 4. The van der Waals surface area contributed by atoms with Gasteiger partial charge in [0.05, 0.1) is 6.61 Å². The molecule has 0 saturated heterocycles. The van der Waals surface area contributed by atoms with Crippen molar-refractivity contribution in [2.24, 2.45) is 5.92 Å². The van der Waals surface area contributed by atoms with Gasteiger partial charge in [-0.3, -0.25) is 0 Å². The van der Waals surface area contributed by atoms with Crippen molar-refractivity contribution in [2.75, 3.05) is 13.2 Å². The van der Waals surface area contributed by atoms with Gasteiger partial charge in [0.25, 0.3) is 0 Å². The lowest BCUT2D eigenvalue weighted by atomic mass is 9.73. The van der Waals surface area contributed by atoms with Crippen LogP contribution in [-0.4, -0.2) is 34.5 Å². The van der Waals surface area contributed by atoms with Gasteiger partial charge in [0.1, 0.15) is 17.1 Å². The second kappa shape index (κ2) is 12.7. The molecule has 1 unspecified atom stereocenters. The minimum Gasteiger partial charge on any atom is -0.507 e. The number of carbonyl (C=O) groups is 1. The fraction of sp³-hybridized carbons (Fsp3) is 0.593. The zero-order chi connectivity index (χ0) is 23.7. The average molecular weight is 445 g/mol. The lowest BCUT2D eigenvalue weighted by molar-refractivity contribution is 0.0491. The number of allylic oxidation sites excluding steroid dienone is 3. The zero-order valence-electron chi connectivity index (χ0n) is 20.0. The Kier molecular flexibility index (Phi) is 10.3. The topological polar surface area (TPSA) is 87.0 Å². The van der Waals surface area contributed by atoms with Crippen LogP contribution in [0, 0.1) is 5.92 Å². The molecule has 0 saturated carbocycles. The molecule has 3 N–H and O–H groups in total. The van der Waals surface area contributed by atoms with Gasteiger partial charge in [-0.15, -0.1) is 0 Å². The molecule has 32 heavy (non-hydrogen) atoms. The van der Waals surface area contributed by atoms with Crippen molar-refractivity contribution in [1.82, 2.24) is 0 Å². The maximum atomic E-state index is 13.0. The smallest absolute Gasteiger partial charge is 0.342 e. The number of hydrogen-bond acceptors (Lipinski definition) is 5. The van der Waals surface area contributed by atoms with E-state index in [-0.39, 0.29) is 42.1 Å². The summed E-state index contributed by atoms with van der Waals surface area (Å²) in [4.78, 5) is 13.0. The first-order valence-electron chi connectivity index (χ1n) is 12.0. The molecule has 178 valence electrons.